The van der Waals surface area contributed by atoms with Gasteiger partial charge in [-0.2, -0.15) is 0 Å². The molecule has 2 atom stereocenters. The normalized spacial score (nSPS) is 25.4. The highest BCUT2D eigenvalue weighted by atomic mass is 32.1. The number of aliphatic hydroxyl groups excluding tert-OH is 1. The molecule has 2 rings (SSSR count). The summed E-state index contributed by atoms with van der Waals surface area (Å²) in [5, 5.41) is 11.4. The molecule has 1 fully saturated rings. The molecule has 1 saturated heterocycles. The van der Waals surface area contributed by atoms with E-state index in [0.717, 1.165) is 13.0 Å². The van der Waals surface area contributed by atoms with Crippen molar-refractivity contribution in [3.8, 4) is 0 Å². The second-order valence-corrected chi connectivity index (χ2v) is 4.89. The first-order valence-electron chi connectivity index (χ1n) is 5.23. The Morgan fingerprint density at radius 1 is 1.71 bits per heavy atom. The summed E-state index contributed by atoms with van der Waals surface area (Å²) in [7, 11) is 0. The third-order valence-corrected chi connectivity index (χ3v) is 4.13. The Labute approximate surface area is 89.2 Å². The Morgan fingerprint density at radius 3 is 3.21 bits per heavy atom. The van der Waals surface area contributed by atoms with Gasteiger partial charge in [-0.25, -0.2) is 0 Å². The van der Waals surface area contributed by atoms with Gasteiger partial charge in [0.15, 0.2) is 0 Å². The molecule has 3 heteroatoms. The molecule has 0 unspecified atom stereocenters. The number of thiophene rings is 1. The average molecular weight is 211 g/mol. The van der Waals surface area contributed by atoms with Crippen LogP contribution in [0.2, 0.25) is 0 Å². The summed E-state index contributed by atoms with van der Waals surface area (Å²) in [4.78, 5) is 3.83. The van der Waals surface area contributed by atoms with Gasteiger partial charge in [0.1, 0.15) is 0 Å². The van der Waals surface area contributed by atoms with Gasteiger partial charge in [0, 0.05) is 17.0 Å². The summed E-state index contributed by atoms with van der Waals surface area (Å²) in [5.41, 5.74) is 0. The summed E-state index contributed by atoms with van der Waals surface area (Å²) in [6.07, 6.45) is 2.37. The number of nitrogens with zero attached hydrogens (tertiary/aromatic N) is 1. The van der Waals surface area contributed by atoms with Crippen LogP contribution in [-0.2, 0) is 0 Å². The Kier molecular flexibility index (Phi) is 3.21. The summed E-state index contributed by atoms with van der Waals surface area (Å²) in [6.45, 7) is 3.67. The lowest BCUT2D eigenvalue weighted by atomic mass is 10.2. The monoisotopic (exact) mass is 211 g/mol. The molecular weight excluding hydrogens is 194 g/mol. The van der Waals surface area contributed by atoms with Crippen LogP contribution in [0.3, 0.4) is 0 Å². The molecule has 0 aliphatic carbocycles. The van der Waals surface area contributed by atoms with Crippen molar-refractivity contribution < 1.29 is 5.11 Å². The fourth-order valence-electron chi connectivity index (χ4n) is 2.26. The van der Waals surface area contributed by atoms with Crippen LogP contribution in [0.25, 0.3) is 0 Å². The van der Waals surface area contributed by atoms with E-state index in [1.54, 1.807) is 0 Å². The van der Waals surface area contributed by atoms with Gasteiger partial charge in [-0.1, -0.05) is 6.07 Å². The number of rotatable bonds is 3. The zero-order valence-electron chi connectivity index (χ0n) is 8.52. The van der Waals surface area contributed by atoms with Crippen molar-refractivity contribution in [1.82, 2.24) is 4.90 Å². The van der Waals surface area contributed by atoms with Gasteiger partial charge in [-0.05, 0) is 37.8 Å². The number of hydrogen-bond donors (Lipinski definition) is 1. The maximum Gasteiger partial charge on any atom is 0.0587 e. The minimum Gasteiger partial charge on any atom is -0.395 e. The molecule has 1 aliphatic rings. The van der Waals surface area contributed by atoms with E-state index in [9.17, 15) is 5.11 Å². The Hall–Kier alpha value is -0.380. The standard InChI is InChI=1S/C11H17NOS/c1-9(11-5-3-7-14-11)12-6-2-4-10(12)8-13/h3,5,7,9-10,13H,2,4,6,8H2,1H3/t9-,10+/m0/s1. The maximum absolute atomic E-state index is 9.24. The fraction of sp³-hybridized carbons (Fsp3) is 0.636. The molecule has 1 aromatic rings. The van der Waals surface area contributed by atoms with Crippen LogP contribution in [-0.4, -0.2) is 29.2 Å². The summed E-state index contributed by atoms with van der Waals surface area (Å²) < 4.78 is 0. The molecule has 0 spiro atoms. The van der Waals surface area contributed by atoms with Gasteiger partial charge in [0.25, 0.3) is 0 Å². The highest BCUT2D eigenvalue weighted by Crippen LogP contribution is 2.30. The van der Waals surface area contributed by atoms with Crippen molar-refractivity contribution in [3.63, 3.8) is 0 Å². The zero-order valence-corrected chi connectivity index (χ0v) is 9.33. The smallest absolute Gasteiger partial charge is 0.0587 e. The molecule has 1 aromatic heterocycles. The minimum absolute atomic E-state index is 0.301. The first-order valence-corrected chi connectivity index (χ1v) is 6.11. The van der Waals surface area contributed by atoms with Gasteiger partial charge in [-0.15, -0.1) is 11.3 Å². The van der Waals surface area contributed by atoms with Crippen molar-refractivity contribution >= 4 is 11.3 Å². The fourth-order valence-corrected chi connectivity index (χ4v) is 3.06. The average Bonchev–Trinajstić information content (AvgIpc) is 2.87. The van der Waals surface area contributed by atoms with Gasteiger partial charge >= 0.3 is 0 Å². The molecular formula is C11H17NOS. The Balaban J connectivity index is 2.07. The van der Waals surface area contributed by atoms with Crippen molar-refractivity contribution in [1.29, 1.82) is 0 Å². The quantitative estimate of drug-likeness (QED) is 0.829. The molecule has 0 bridgehead atoms. The second kappa shape index (κ2) is 4.43. The summed E-state index contributed by atoms with van der Waals surface area (Å²) >= 11 is 1.81. The molecule has 0 aromatic carbocycles. The highest BCUT2D eigenvalue weighted by molar-refractivity contribution is 7.10. The van der Waals surface area contributed by atoms with Gasteiger partial charge in [0.2, 0.25) is 0 Å². The lowest BCUT2D eigenvalue weighted by Crippen LogP contribution is -2.34. The Morgan fingerprint density at radius 2 is 2.57 bits per heavy atom. The van der Waals surface area contributed by atoms with E-state index in [1.165, 1.54) is 11.3 Å². The summed E-state index contributed by atoms with van der Waals surface area (Å²) in [5.74, 6) is 0. The molecule has 1 aliphatic heterocycles. The highest BCUT2D eigenvalue weighted by Gasteiger charge is 2.28. The molecule has 14 heavy (non-hydrogen) atoms. The minimum atomic E-state index is 0.301. The topological polar surface area (TPSA) is 23.5 Å². The number of aliphatic hydroxyl groups is 1. The third-order valence-electron chi connectivity index (χ3n) is 3.09. The van der Waals surface area contributed by atoms with Gasteiger partial charge in [-0.3, -0.25) is 4.90 Å². The Bertz CT molecular complexity index is 273. The maximum atomic E-state index is 9.24. The molecule has 1 N–H and O–H groups in total. The van der Waals surface area contributed by atoms with E-state index in [2.05, 4.69) is 29.3 Å². The van der Waals surface area contributed by atoms with Crippen molar-refractivity contribution in [2.75, 3.05) is 13.2 Å². The van der Waals surface area contributed by atoms with Crippen LogP contribution in [0.4, 0.5) is 0 Å². The lowest BCUT2D eigenvalue weighted by Gasteiger charge is -2.28. The summed E-state index contributed by atoms with van der Waals surface area (Å²) in [6, 6.07) is 5.13. The van der Waals surface area contributed by atoms with E-state index >= 15 is 0 Å². The lowest BCUT2D eigenvalue weighted by molar-refractivity contribution is 0.127. The molecule has 0 radical (unpaired) electrons. The SMILES string of the molecule is C[C@@H](c1cccs1)N1CCC[C@@H]1CO. The first-order chi connectivity index (χ1) is 6.83. The van der Waals surface area contributed by atoms with Crippen LogP contribution < -0.4 is 0 Å². The predicted molar refractivity (Wildman–Crippen MR) is 59.5 cm³/mol. The third kappa shape index (κ3) is 1.85. The molecule has 78 valence electrons. The van der Waals surface area contributed by atoms with Crippen molar-refractivity contribution in [2.24, 2.45) is 0 Å². The number of likely N-dealkylation sites (tertiary alicyclic amines) is 1. The second-order valence-electron chi connectivity index (χ2n) is 3.91. The van der Waals surface area contributed by atoms with E-state index in [-0.39, 0.29) is 0 Å². The van der Waals surface area contributed by atoms with Crippen molar-refractivity contribution in [2.45, 2.75) is 31.8 Å². The van der Waals surface area contributed by atoms with Crippen LogP contribution in [0.1, 0.15) is 30.7 Å². The van der Waals surface area contributed by atoms with Gasteiger partial charge in [0.05, 0.1) is 6.61 Å². The van der Waals surface area contributed by atoms with Gasteiger partial charge < -0.3 is 5.11 Å². The van der Waals surface area contributed by atoms with E-state index in [0.29, 0.717) is 18.7 Å². The van der Waals surface area contributed by atoms with Crippen LogP contribution in [0, 0.1) is 0 Å². The van der Waals surface area contributed by atoms with E-state index in [1.807, 2.05) is 11.3 Å². The molecule has 0 saturated carbocycles. The van der Waals surface area contributed by atoms with E-state index < -0.39 is 0 Å². The molecule has 2 nitrogen and oxygen atoms in total. The predicted octanol–water partition coefficient (Wildman–Crippen LogP) is 2.27. The number of hydrogen-bond acceptors (Lipinski definition) is 3. The van der Waals surface area contributed by atoms with Crippen LogP contribution >= 0.6 is 11.3 Å². The van der Waals surface area contributed by atoms with E-state index in [4.69, 9.17) is 0 Å². The van der Waals surface area contributed by atoms with Crippen LogP contribution in [0.5, 0.6) is 0 Å². The van der Waals surface area contributed by atoms with Crippen LogP contribution in [0.15, 0.2) is 17.5 Å². The zero-order chi connectivity index (χ0) is 9.97. The molecule has 2 heterocycles. The largest absolute Gasteiger partial charge is 0.395 e. The molecule has 0 amide bonds. The first kappa shape index (κ1) is 10.1. The van der Waals surface area contributed by atoms with Crippen molar-refractivity contribution in [3.05, 3.63) is 22.4 Å².